The summed E-state index contributed by atoms with van der Waals surface area (Å²) < 4.78 is 0. The molecular formula is C15H27NO2. The van der Waals surface area contributed by atoms with Crippen LogP contribution in [0.2, 0.25) is 0 Å². The first kappa shape index (κ1) is 13.9. The molecule has 3 atom stereocenters. The van der Waals surface area contributed by atoms with E-state index in [1.54, 1.807) is 0 Å². The van der Waals surface area contributed by atoms with Crippen molar-refractivity contribution >= 4 is 5.91 Å². The lowest BCUT2D eigenvalue weighted by atomic mass is 9.68. The second kappa shape index (κ2) is 5.20. The summed E-state index contributed by atoms with van der Waals surface area (Å²) in [6.07, 6.45) is 5.18. The van der Waals surface area contributed by atoms with Crippen LogP contribution < -0.4 is 0 Å². The molecule has 0 radical (unpaired) electrons. The van der Waals surface area contributed by atoms with Crippen LogP contribution in [-0.2, 0) is 4.79 Å². The smallest absolute Gasteiger partial charge is 0.226 e. The first-order chi connectivity index (χ1) is 8.42. The van der Waals surface area contributed by atoms with E-state index in [9.17, 15) is 9.90 Å². The highest BCUT2D eigenvalue weighted by molar-refractivity contribution is 5.80. The molecule has 0 aromatic heterocycles. The van der Waals surface area contributed by atoms with Crippen molar-refractivity contribution in [1.29, 1.82) is 0 Å². The molecule has 0 aromatic carbocycles. The topological polar surface area (TPSA) is 40.5 Å². The molecular weight excluding hydrogens is 226 g/mol. The molecule has 1 saturated heterocycles. The standard InChI is InChI=1S/C15H27NO2/c1-11-7-9-16(10-13(11)17)14(18)12-6-4-5-8-15(12,2)3/h11-13,17H,4-10H2,1-3H3. The average Bonchev–Trinajstić information content (AvgIpc) is 2.31. The lowest BCUT2D eigenvalue weighted by Crippen LogP contribution is -2.50. The number of amides is 1. The molecule has 3 unspecified atom stereocenters. The maximum atomic E-state index is 12.6. The van der Waals surface area contributed by atoms with Crippen molar-refractivity contribution in [2.45, 2.75) is 59.0 Å². The van der Waals surface area contributed by atoms with Gasteiger partial charge in [0.2, 0.25) is 5.91 Å². The quantitative estimate of drug-likeness (QED) is 0.779. The van der Waals surface area contributed by atoms with Gasteiger partial charge >= 0.3 is 0 Å². The van der Waals surface area contributed by atoms with Gasteiger partial charge in [0.15, 0.2) is 0 Å². The fourth-order valence-corrected chi connectivity index (χ4v) is 3.42. The summed E-state index contributed by atoms with van der Waals surface area (Å²) in [4.78, 5) is 14.5. The van der Waals surface area contributed by atoms with Crippen molar-refractivity contribution < 1.29 is 9.90 Å². The molecule has 2 aliphatic rings. The van der Waals surface area contributed by atoms with Crippen molar-refractivity contribution in [1.82, 2.24) is 4.90 Å². The summed E-state index contributed by atoms with van der Waals surface area (Å²) in [5.74, 6) is 0.769. The van der Waals surface area contributed by atoms with Crippen LogP contribution in [0, 0.1) is 17.3 Å². The largest absolute Gasteiger partial charge is 0.391 e. The summed E-state index contributed by atoms with van der Waals surface area (Å²) in [5.41, 5.74) is 0.128. The number of piperidine rings is 1. The van der Waals surface area contributed by atoms with Gasteiger partial charge in [0.1, 0.15) is 0 Å². The van der Waals surface area contributed by atoms with Gasteiger partial charge in [-0.05, 0) is 30.6 Å². The van der Waals surface area contributed by atoms with E-state index in [0.29, 0.717) is 12.5 Å². The summed E-state index contributed by atoms with van der Waals surface area (Å²) in [6.45, 7) is 7.86. The fraction of sp³-hybridized carbons (Fsp3) is 0.933. The van der Waals surface area contributed by atoms with Gasteiger partial charge in [-0.1, -0.05) is 33.6 Å². The molecule has 3 heteroatoms. The van der Waals surface area contributed by atoms with Gasteiger partial charge < -0.3 is 10.0 Å². The Hall–Kier alpha value is -0.570. The number of aliphatic hydroxyl groups excluding tert-OH is 1. The van der Waals surface area contributed by atoms with Crippen molar-refractivity contribution in [3.63, 3.8) is 0 Å². The molecule has 0 bridgehead atoms. The summed E-state index contributed by atoms with van der Waals surface area (Å²) >= 11 is 0. The third-order valence-electron chi connectivity index (χ3n) is 5.04. The number of aliphatic hydroxyl groups is 1. The molecule has 2 fully saturated rings. The molecule has 1 heterocycles. The zero-order valence-electron chi connectivity index (χ0n) is 12.0. The lowest BCUT2D eigenvalue weighted by Gasteiger charge is -2.42. The number of hydrogen-bond acceptors (Lipinski definition) is 2. The number of carbonyl (C=O) groups excluding carboxylic acids is 1. The Morgan fingerprint density at radius 1 is 1.28 bits per heavy atom. The monoisotopic (exact) mass is 253 g/mol. The second-order valence-electron chi connectivity index (χ2n) is 6.90. The number of β-amino-alcohol motifs (C(OH)–C–C–N with tert-alkyl or cyclic N) is 1. The van der Waals surface area contributed by atoms with E-state index >= 15 is 0 Å². The Morgan fingerprint density at radius 2 is 2.00 bits per heavy atom. The summed E-state index contributed by atoms with van der Waals surface area (Å²) in [5, 5.41) is 9.93. The molecule has 0 aromatic rings. The van der Waals surface area contributed by atoms with Crippen LogP contribution in [0.4, 0.5) is 0 Å². The maximum Gasteiger partial charge on any atom is 0.226 e. The summed E-state index contributed by atoms with van der Waals surface area (Å²) in [7, 11) is 0. The molecule has 0 spiro atoms. The molecule has 3 nitrogen and oxygen atoms in total. The zero-order valence-corrected chi connectivity index (χ0v) is 12.0. The van der Waals surface area contributed by atoms with E-state index in [1.807, 2.05) is 4.90 Å². The molecule has 2 rings (SSSR count). The molecule has 104 valence electrons. The first-order valence-corrected chi connectivity index (χ1v) is 7.38. The molecule has 18 heavy (non-hydrogen) atoms. The Balaban J connectivity index is 2.02. The van der Waals surface area contributed by atoms with Crippen molar-refractivity contribution in [3.05, 3.63) is 0 Å². The van der Waals surface area contributed by atoms with Crippen LogP contribution in [0.1, 0.15) is 52.9 Å². The van der Waals surface area contributed by atoms with Crippen LogP contribution in [0.15, 0.2) is 0 Å². The molecule has 1 aliphatic heterocycles. The number of carbonyl (C=O) groups is 1. The Morgan fingerprint density at radius 3 is 2.61 bits per heavy atom. The van der Waals surface area contributed by atoms with E-state index in [4.69, 9.17) is 0 Å². The Kier molecular flexibility index (Phi) is 4.00. The van der Waals surface area contributed by atoms with E-state index in [-0.39, 0.29) is 23.3 Å². The summed E-state index contributed by atoms with van der Waals surface area (Å²) in [6, 6.07) is 0. The highest BCUT2D eigenvalue weighted by Crippen LogP contribution is 2.41. The van der Waals surface area contributed by atoms with E-state index in [0.717, 1.165) is 25.8 Å². The fourth-order valence-electron chi connectivity index (χ4n) is 3.42. The van der Waals surface area contributed by atoms with E-state index in [1.165, 1.54) is 12.8 Å². The number of hydrogen-bond donors (Lipinski definition) is 1. The molecule has 1 saturated carbocycles. The Bertz CT molecular complexity index is 314. The normalized spacial score (nSPS) is 36.4. The number of nitrogens with zero attached hydrogens (tertiary/aromatic N) is 1. The van der Waals surface area contributed by atoms with Gasteiger partial charge in [0.25, 0.3) is 0 Å². The van der Waals surface area contributed by atoms with Gasteiger partial charge in [-0.2, -0.15) is 0 Å². The molecule has 1 aliphatic carbocycles. The highest BCUT2D eigenvalue weighted by Gasteiger charge is 2.40. The lowest BCUT2D eigenvalue weighted by molar-refractivity contribution is -0.145. The predicted octanol–water partition coefficient (Wildman–Crippen LogP) is 2.43. The van der Waals surface area contributed by atoms with Crippen LogP contribution in [-0.4, -0.2) is 35.1 Å². The minimum Gasteiger partial charge on any atom is -0.391 e. The highest BCUT2D eigenvalue weighted by atomic mass is 16.3. The van der Waals surface area contributed by atoms with Gasteiger partial charge in [-0.3, -0.25) is 4.79 Å². The van der Waals surface area contributed by atoms with Crippen LogP contribution >= 0.6 is 0 Å². The second-order valence-corrected chi connectivity index (χ2v) is 6.90. The van der Waals surface area contributed by atoms with Crippen molar-refractivity contribution in [2.75, 3.05) is 13.1 Å². The maximum absolute atomic E-state index is 12.6. The number of likely N-dealkylation sites (tertiary alicyclic amines) is 1. The minimum absolute atomic E-state index is 0.128. The molecule has 1 N–H and O–H groups in total. The van der Waals surface area contributed by atoms with Gasteiger partial charge in [-0.25, -0.2) is 0 Å². The average molecular weight is 253 g/mol. The minimum atomic E-state index is -0.339. The van der Waals surface area contributed by atoms with Crippen molar-refractivity contribution in [2.24, 2.45) is 17.3 Å². The SMILES string of the molecule is CC1CCN(C(=O)C2CCCCC2(C)C)CC1O. The van der Waals surface area contributed by atoms with Crippen molar-refractivity contribution in [3.8, 4) is 0 Å². The van der Waals surface area contributed by atoms with E-state index < -0.39 is 0 Å². The van der Waals surface area contributed by atoms with Crippen LogP contribution in [0.25, 0.3) is 0 Å². The number of rotatable bonds is 1. The van der Waals surface area contributed by atoms with E-state index in [2.05, 4.69) is 20.8 Å². The van der Waals surface area contributed by atoms with Crippen LogP contribution in [0.5, 0.6) is 0 Å². The predicted molar refractivity (Wildman–Crippen MR) is 72.1 cm³/mol. The first-order valence-electron chi connectivity index (χ1n) is 7.38. The Labute approximate surface area is 111 Å². The third-order valence-corrected chi connectivity index (χ3v) is 5.04. The molecule has 1 amide bonds. The van der Waals surface area contributed by atoms with Gasteiger partial charge in [0, 0.05) is 19.0 Å². The third kappa shape index (κ3) is 2.71. The van der Waals surface area contributed by atoms with Crippen LogP contribution in [0.3, 0.4) is 0 Å². The van der Waals surface area contributed by atoms with Gasteiger partial charge in [0.05, 0.1) is 6.10 Å². The van der Waals surface area contributed by atoms with Gasteiger partial charge in [-0.15, -0.1) is 0 Å². The zero-order chi connectivity index (χ0) is 13.3.